The minimum atomic E-state index is -0.694. The summed E-state index contributed by atoms with van der Waals surface area (Å²) in [4.78, 5) is 37.9. The highest BCUT2D eigenvalue weighted by atomic mass is 79.9. The lowest BCUT2D eigenvalue weighted by Crippen LogP contribution is -2.44. The molecule has 4 rings (SSSR count). The summed E-state index contributed by atoms with van der Waals surface area (Å²) in [6, 6.07) is 12.9. The van der Waals surface area contributed by atoms with Crippen LogP contribution in [0.4, 0.5) is 4.79 Å². The van der Waals surface area contributed by atoms with Crippen LogP contribution in [0.25, 0.3) is 21.7 Å². The molecule has 0 aliphatic heterocycles. The molecule has 0 bridgehead atoms. The summed E-state index contributed by atoms with van der Waals surface area (Å²) in [6.45, 7) is 13.7. The smallest absolute Gasteiger partial charge is 0.443 e. The zero-order valence-electron chi connectivity index (χ0n) is 24.9. The van der Waals surface area contributed by atoms with Crippen LogP contribution in [0.2, 0.25) is 0 Å². The number of aromatic nitrogens is 2. The molecule has 0 aliphatic carbocycles. The maximum absolute atomic E-state index is 14.0. The topological polar surface area (TPSA) is 82.9 Å². The van der Waals surface area contributed by atoms with Crippen LogP contribution in [0, 0.1) is 12.8 Å². The van der Waals surface area contributed by atoms with Crippen LogP contribution in [0.15, 0.2) is 57.9 Å². The van der Waals surface area contributed by atoms with Gasteiger partial charge in [-0.2, -0.15) is 0 Å². The van der Waals surface area contributed by atoms with Gasteiger partial charge in [0.15, 0.2) is 5.75 Å². The largest absolute Gasteiger partial charge is 0.497 e. The third kappa shape index (κ3) is 6.84. The Morgan fingerprint density at radius 1 is 1.07 bits per heavy atom. The van der Waals surface area contributed by atoms with E-state index in [0.717, 1.165) is 22.1 Å². The molecule has 2 aromatic heterocycles. The number of ether oxygens (including phenoxy) is 2. The van der Waals surface area contributed by atoms with Gasteiger partial charge in [-0.3, -0.25) is 9.78 Å². The first-order chi connectivity index (χ1) is 19.3. The molecule has 8 nitrogen and oxygen atoms in total. The van der Waals surface area contributed by atoms with E-state index in [9.17, 15) is 9.59 Å². The highest BCUT2D eigenvalue weighted by molar-refractivity contribution is 9.10. The van der Waals surface area contributed by atoms with E-state index in [4.69, 9.17) is 14.3 Å². The number of amides is 1. The number of hydroxylamine groups is 2. The van der Waals surface area contributed by atoms with E-state index in [0.29, 0.717) is 45.7 Å². The fraction of sp³-hybridized carbons (Fsp3) is 0.406. The first-order valence-corrected chi connectivity index (χ1v) is 14.5. The summed E-state index contributed by atoms with van der Waals surface area (Å²) in [5.74, 6) is 1.46. The molecule has 0 saturated heterocycles. The molecule has 0 aliphatic rings. The van der Waals surface area contributed by atoms with Gasteiger partial charge >= 0.3 is 6.09 Å². The van der Waals surface area contributed by atoms with E-state index >= 15 is 0 Å². The van der Waals surface area contributed by atoms with Gasteiger partial charge in [0.1, 0.15) is 11.4 Å². The van der Waals surface area contributed by atoms with Crippen molar-refractivity contribution in [3.8, 4) is 11.5 Å². The Kier molecular flexibility index (Phi) is 8.97. The Labute approximate surface area is 249 Å². The molecule has 2 aromatic carbocycles. The molecule has 41 heavy (non-hydrogen) atoms. The highest BCUT2D eigenvalue weighted by Gasteiger charge is 2.30. The molecule has 0 fully saturated rings. The van der Waals surface area contributed by atoms with E-state index in [2.05, 4.69) is 34.8 Å². The SMILES string of the molecule is COc1ccc(Cn2c(=O)c3c(C)nccc3c3cc(Br)c(ON(C(=O)OC(C)(C)C)C(C)CC(C)C)cc32)cc1. The molecule has 1 unspecified atom stereocenters. The number of methoxy groups -OCH3 is 1. The molecule has 0 radical (unpaired) electrons. The molecule has 2 heterocycles. The van der Waals surface area contributed by atoms with E-state index in [1.165, 1.54) is 5.06 Å². The van der Waals surface area contributed by atoms with E-state index in [1.54, 1.807) is 23.9 Å². The molecule has 218 valence electrons. The van der Waals surface area contributed by atoms with Crippen molar-refractivity contribution in [1.82, 2.24) is 14.6 Å². The van der Waals surface area contributed by atoms with Crippen molar-refractivity contribution in [2.24, 2.45) is 5.92 Å². The molecular formula is C32H38BrN3O5. The Morgan fingerprint density at radius 2 is 1.76 bits per heavy atom. The lowest BCUT2D eigenvalue weighted by Gasteiger charge is -2.32. The third-order valence-corrected chi connectivity index (χ3v) is 7.33. The lowest BCUT2D eigenvalue weighted by atomic mass is 10.0. The zero-order valence-corrected chi connectivity index (χ0v) is 26.5. The molecule has 0 saturated carbocycles. The van der Waals surface area contributed by atoms with Crippen molar-refractivity contribution >= 4 is 43.7 Å². The molecule has 0 spiro atoms. The summed E-state index contributed by atoms with van der Waals surface area (Å²) >= 11 is 3.67. The van der Waals surface area contributed by atoms with Gasteiger partial charge in [0.25, 0.3) is 5.56 Å². The van der Waals surface area contributed by atoms with Crippen LogP contribution in [0.1, 0.15) is 59.2 Å². The fourth-order valence-corrected chi connectivity index (χ4v) is 5.34. The Morgan fingerprint density at radius 3 is 2.37 bits per heavy atom. The number of hydrogen-bond donors (Lipinski definition) is 0. The number of aryl methyl sites for hydroxylation is 1. The molecular weight excluding hydrogens is 586 g/mol. The van der Waals surface area contributed by atoms with E-state index in [-0.39, 0.29) is 11.6 Å². The minimum absolute atomic E-state index is 0.153. The summed E-state index contributed by atoms with van der Waals surface area (Å²) in [5.41, 5.74) is 1.41. The maximum Gasteiger partial charge on any atom is 0.443 e. The number of hydrogen-bond acceptors (Lipinski definition) is 6. The van der Waals surface area contributed by atoms with Gasteiger partial charge in [-0.1, -0.05) is 26.0 Å². The standard InChI is InChI=1S/C32H38BrN3O5/c1-19(2)15-20(3)36(31(38)40-32(5,6)7)41-28-17-27-25(16-26(28)33)24-13-14-34-21(4)29(24)30(37)35(27)18-22-9-11-23(39-8)12-10-22/h9-14,16-17,19-20H,15,18H2,1-8H3. The predicted octanol–water partition coefficient (Wildman–Crippen LogP) is 7.64. The first kappa shape index (κ1) is 30.4. The van der Waals surface area contributed by atoms with Crippen molar-refractivity contribution in [2.75, 3.05) is 7.11 Å². The van der Waals surface area contributed by atoms with Crippen molar-refractivity contribution in [2.45, 2.75) is 73.1 Å². The summed E-state index contributed by atoms with van der Waals surface area (Å²) in [5, 5.41) is 3.51. The van der Waals surface area contributed by atoms with Crippen LogP contribution >= 0.6 is 15.9 Å². The Bertz CT molecular complexity index is 1620. The van der Waals surface area contributed by atoms with Crippen LogP contribution in [-0.4, -0.2) is 39.5 Å². The minimum Gasteiger partial charge on any atom is -0.497 e. The van der Waals surface area contributed by atoms with Crippen molar-refractivity contribution in [1.29, 1.82) is 0 Å². The number of carbonyl (C=O) groups excluding carboxylic acids is 1. The average molecular weight is 625 g/mol. The lowest BCUT2D eigenvalue weighted by molar-refractivity contribution is -0.0970. The first-order valence-electron chi connectivity index (χ1n) is 13.7. The van der Waals surface area contributed by atoms with Crippen LogP contribution in [0.3, 0.4) is 0 Å². The fourth-order valence-electron chi connectivity index (χ4n) is 4.93. The number of pyridine rings is 2. The van der Waals surface area contributed by atoms with Crippen molar-refractivity contribution in [3.63, 3.8) is 0 Å². The molecule has 1 atom stereocenters. The maximum atomic E-state index is 14.0. The number of benzene rings is 2. The van der Waals surface area contributed by atoms with Gasteiger partial charge in [-0.05, 0) is 98.1 Å². The zero-order chi connectivity index (χ0) is 30.1. The van der Waals surface area contributed by atoms with Gasteiger partial charge in [0.2, 0.25) is 0 Å². The van der Waals surface area contributed by atoms with Crippen LogP contribution < -0.4 is 15.1 Å². The van der Waals surface area contributed by atoms with E-state index < -0.39 is 11.7 Å². The van der Waals surface area contributed by atoms with Gasteiger partial charge in [-0.25, -0.2) is 4.79 Å². The molecule has 0 N–H and O–H groups in total. The summed E-state index contributed by atoms with van der Waals surface area (Å²) < 4.78 is 13.4. The van der Waals surface area contributed by atoms with Gasteiger partial charge < -0.3 is 18.9 Å². The summed E-state index contributed by atoms with van der Waals surface area (Å²) in [7, 11) is 1.62. The quantitative estimate of drug-likeness (QED) is 0.148. The monoisotopic (exact) mass is 623 g/mol. The Balaban J connectivity index is 1.90. The number of nitrogens with zero attached hydrogens (tertiary/aromatic N) is 3. The third-order valence-electron chi connectivity index (χ3n) is 6.71. The molecule has 4 aromatic rings. The van der Waals surface area contributed by atoms with Gasteiger partial charge in [-0.15, -0.1) is 5.06 Å². The van der Waals surface area contributed by atoms with Crippen LogP contribution in [-0.2, 0) is 11.3 Å². The van der Waals surface area contributed by atoms with Crippen LogP contribution in [0.5, 0.6) is 11.5 Å². The molecule has 9 heteroatoms. The van der Waals surface area contributed by atoms with Crippen molar-refractivity contribution < 1.29 is 19.1 Å². The van der Waals surface area contributed by atoms with Gasteiger partial charge in [0.05, 0.1) is 40.8 Å². The normalized spacial score (nSPS) is 12.5. The molecule has 1 amide bonds. The van der Waals surface area contributed by atoms with Gasteiger partial charge in [0, 0.05) is 17.6 Å². The highest BCUT2D eigenvalue weighted by Crippen LogP contribution is 2.35. The summed E-state index contributed by atoms with van der Waals surface area (Å²) in [6.07, 6.45) is 1.85. The second-order valence-electron chi connectivity index (χ2n) is 11.7. The second-order valence-corrected chi connectivity index (χ2v) is 12.6. The Hall–Kier alpha value is -3.59. The van der Waals surface area contributed by atoms with Crippen molar-refractivity contribution in [3.05, 3.63) is 74.7 Å². The second kappa shape index (κ2) is 12.1. The predicted molar refractivity (Wildman–Crippen MR) is 166 cm³/mol. The number of rotatable bonds is 8. The number of fused-ring (bicyclic) bond motifs is 3. The van der Waals surface area contributed by atoms with E-state index in [1.807, 2.05) is 71.0 Å². The number of halogens is 1. The number of carbonyl (C=O) groups is 1. The average Bonchev–Trinajstić information content (AvgIpc) is 2.88.